The van der Waals surface area contributed by atoms with Crippen molar-refractivity contribution < 1.29 is 29.7 Å². The van der Waals surface area contributed by atoms with Gasteiger partial charge in [-0.1, -0.05) is 42.5 Å². The summed E-state index contributed by atoms with van der Waals surface area (Å²) in [6.07, 6.45) is 6.17. The average Bonchev–Trinajstić information content (AvgIpc) is 3.45. The predicted molar refractivity (Wildman–Crippen MR) is 189 cm³/mol. The minimum atomic E-state index is -0.833. The van der Waals surface area contributed by atoms with Gasteiger partial charge in [0.05, 0.1) is 11.4 Å². The van der Waals surface area contributed by atoms with Crippen molar-refractivity contribution in [1.29, 1.82) is 0 Å². The number of nitrogens with one attached hydrogen (secondary N) is 1. The van der Waals surface area contributed by atoms with E-state index in [4.69, 9.17) is 40.5 Å². The third kappa shape index (κ3) is 12.5. The number of hydrogen-bond donors (Lipinski definition) is 5. The van der Waals surface area contributed by atoms with Gasteiger partial charge in [0.2, 0.25) is 0 Å². The maximum atomic E-state index is 9.00. The Morgan fingerprint density at radius 1 is 0.816 bits per heavy atom. The van der Waals surface area contributed by atoms with E-state index in [2.05, 4.69) is 85.3 Å². The zero-order valence-electron chi connectivity index (χ0n) is 28.6. The average molecular weight is 677 g/mol. The number of aromatic nitrogens is 4. The highest BCUT2D eigenvalue weighted by molar-refractivity contribution is 5.98. The Labute approximate surface area is 286 Å². The number of nitrogen functional groups attached to an aromatic ring is 1. The number of anilines is 2. The Balaban J connectivity index is 0.000000472. The van der Waals surface area contributed by atoms with Crippen molar-refractivity contribution in [2.24, 2.45) is 0 Å². The summed E-state index contributed by atoms with van der Waals surface area (Å²) in [4.78, 5) is 41.1. The summed E-state index contributed by atoms with van der Waals surface area (Å²) in [5.74, 6) is -2.01. The standard InChI is InChI=1S/C29H36N8.3C2H4O2/c1-35-14-16-36(17-15-35)24-10-12-25(13-11-24)37-29-26(28(30)32-20-33-29)27(34-37)22-8-5-9-23(18-22)31-19-21-6-3-2-4-7-21;3*1-2(3)4/h2-9,18,20,24-25,31H,10-17,19H2,1H3,(H2,30,32,33);3*1H3,(H,3,4)/t24-,25+;;;. The molecule has 1 saturated carbocycles. The fraction of sp³-hybridized carbons (Fsp3) is 0.429. The first-order valence-corrected chi connectivity index (χ1v) is 16.2. The van der Waals surface area contributed by atoms with Gasteiger partial charge in [0.25, 0.3) is 17.9 Å². The van der Waals surface area contributed by atoms with Crippen LogP contribution < -0.4 is 11.1 Å². The van der Waals surface area contributed by atoms with Gasteiger partial charge in [0, 0.05) is 70.8 Å². The van der Waals surface area contributed by atoms with Crippen LogP contribution >= 0.6 is 0 Å². The zero-order chi connectivity index (χ0) is 35.9. The van der Waals surface area contributed by atoms with Crippen molar-refractivity contribution in [2.45, 2.75) is 65.1 Å². The number of benzene rings is 2. The van der Waals surface area contributed by atoms with Crippen molar-refractivity contribution >= 4 is 40.4 Å². The van der Waals surface area contributed by atoms with E-state index in [9.17, 15) is 0 Å². The van der Waals surface area contributed by atoms with E-state index in [0.717, 1.165) is 68.1 Å². The monoisotopic (exact) mass is 676 g/mol. The summed E-state index contributed by atoms with van der Waals surface area (Å²) < 4.78 is 2.13. The maximum absolute atomic E-state index is 9.00. The quantitative estimate of drug-likeness (QED) is 0.189. The molecule has 2 fully saturated rings. The normalized spacial score (nSPS) is 17.6. The fourth-order valence-corrected chi connectivity index (χ4v) is 5.88. The molecule has 264 valence electrons. The number of nitrogens with zero attached hydrogens (tertiary/aromatic N) is 6. The number of carboxylic acid groups (broad SMARTS) is 3. The van der Waals surface area contributed by atoms with Gasteiger partial charge in [0.15, 0.2) is 5.65 Å². The minimum Gasteiger partial charge on any atom is -0.481 e. The van der Waals surface area contributed by atoms with Gasteiger partial charge >= 0.3 is 0 Å². The summed E-state index contributed by atoms with van der Waals surface area (Å²) in [6, 6.07) is 19.8. The highest BCUT2D eigenvalue weighted by Crippen LogP contribution is 2.37. The maximum Gasteiger partial charge on any atom is 0.300 e. The fourth-order valence-electron chi connectivity index (χ4n) is 5.88. The molecule has 0 unspecified atom stereocenters. The molecule has 4 aromatic rings. The SMILES string of the molecule is CC(=O)O.CC(=O)O.CC(=O)O.CN1CCN([C@H]2CC[C@@H](n3nc(-c4cccc(NCc5ccccc5)c4)c4c(N)ncnc43)CC2)CC1. The van der Waals surface area contributed by atoms with Crippen molar-refractivity contribution in [3.8, 4) is 11.3 Å². The highest BCUT2D eigenvalue weighted by atomic mass is 16.4. The van der Waals surface area contributed by atoms with Crippen LogP contribution in [0.3, 0.4) is 0 Å². The topological polar surface area (TPSA) is 200 Å². The number of nitrogens with two attached hydrogens (primary N) is 1. The third-order valence-corrected chi connectivity index (χ3v) is 8.06. The van der Waals surface area contributed by atoms with E-state index in [-0.39, 0.29) is 0 Å². The van der Waals surface area contributed by atoms with Gasteiger partial charge in [-0.3, -0.25) is 19.3 Å². The van der Waals surface area contributed by atoms with Crippen LogP contribution in [0.1, 0.15) is 58.1 Å². The van der Waals surface area contributed by atoms with E-state index in [1.807, 2.05) is 6.07 Å². The molecule has 0 atom stereocenters. The van der Waals surface area contributed by atoms with Gasteiger partial charge in [-0.25, -0.2) is 14.6 Å². The van der Waals surface area contributed by atoms with E-state index in [1.54, 1.807) is 6.33 Å². The zero-order valence-corrected chi connectivity index (χ0v) is 28.6. The lowest BCUT2D eigenvalue weighted by Gasteiger charge is -2.41. The Morgan fingerprint density at radius 3 is 1.98 bits per heavy atom. The Morgan fingerprint density at radius 2 is 1.39 bits per heavy atom. The van der Waals surface area contributed by atoms with Crippen molar-refractivity contribution in [2.75, 3.05) is 44.3 Å². The van der Waals surface area contributed by atoms with Crippen LogP contribution in [0.25, 0.3) is 22.3 Å². The molecule has 2 aliphatic rings. The molecular formula is C35H48N8O6. The summed E-state index contributed by atoms with van der Waals surface area (Å²) in [5, 5.41) is 31.8. The molecule has 1 aliphatic heterocycles. The van der Waals surface area contributed by atoms with E-state index >= 15 is 0 Å². The second-order valence-corrected chi connectivity index (χ2v) is 12.0. The van der Waals surface area contributed by atoms with Gasteiger partial charge in [-0.15, -0.1) is 0 Å². The van der Waals surface area contributed by atoms with Crippen LogP contribution in [0.5, 0.6) is 0 Å². The Bertz CT molecular complexity index is 1610. The Hall–Kier alpha value is -5.08. The minimum absolute atomic E-state index is 0.327. The number of piperazine rings is 1. The van der Waals surface area contributed by atoms with Crippen molar-refractivity contribution in [1.82, 2.24) is 29.5 Å². The lowest BCUT2D eigenvalue weighted by Crippen LogP contribution is -2.49. The van der Waals surface area contributed by atoms with Crippen molar-refractivity contribution in [3.05, 3.63) is 66.5 Å². The molecule has 14 heteroatoms. The number of fused-ring (bicyclic) bond motifs is 1. The molecule has 6 N–H and O–H groups in total. The summed E-state index contributed by atoms with van der Waals surface area (Å²) in [6.45, 7) is 8.71. The Kier molecular flexibility index (Phi) is 14.9. The van der Waals surface area contributed by atoms with Crippen LogP contribution in [0, 0.1) is 0 Å². The number of rotatable bonds is 6. The first-order valence-electron chi connectivity index (χ1n) is 16.2. The summed E-state index contributed by atoms with van der Waals surface area (Å²) in [5.41, 5.74) is 11.4. The summed E-state index contributed by atoms with van der Waals surface area (Å²) >= 11 is 0. The first-order chi connectivity index (χ1) is 23.3. The smallest absolute Gasteiger partial charge is 0.300 e. The first kappa shape index (κ1) is 38.4. The van der Waals surface area contributed by atoms with E-state index in [0.29, 0.717) is 17.9 Å². The molecule has 0 spiro atoms. The van der Waals surface area contributed by atoms with E-state index < -0.39 is 17.9 Å². The van der Waals surface area contributed by atoms with Crippen LogP contribution in [0.4, 0.5) is 11.5 Å². The largest absolute Gasteiger partial charge is 0.481 e. The van der Waals surface area contributed by atoms with Crippen molar-refractivity contribution in [3.63, 3.8) is 0 Å². The molecule has 2 aromatic carbocycles. The molecule has 6 rings (SSSR count). The summed E-state index contributed by atoms with van der Waals surface area (Å²) in [7, 11) is 2.22. The van der Waals surface area contributed by atoms with Crippen LogP contribution in [0.2, 0.25) is 0 Å². The molecule has 0 amide bonds. The third-order valence-electron chi connectivity index (χ3n) is 8.06. The van der Waals surface area contributed by atoms with E-state index in [1.165, 1.54) is 44.6 Å². The molecule has 2 aromatic heterocycles. The number of aliphatic carboxylic acids is 3. The number of carboxylic acids is 3. The molecule has 0 radical (unpaired) electrons. The molecule has 1 saturated heterocycles. The van der Waals surface area contributed by atoms with Crippen LogP contribution in [-0.4, -0.2) is 102 Å². The number of hydrogen-bond acceptors (Lipinski definition) is 10. The van der Waals surface area contributed by atoms with Gasteiger partial charge in [0.1, 0.15) is 17.8 Å². The molecule has 49 heavy (non-hydrogen) atoms. The molecular weight excluding hydrogens is 628 g/mol. The molecule has 14 nitrogen and oxygen atoms in total. The molecule has 3 heterocycles. The number of likely N-dealkylation sites (N-methyl/N-ethyl adjacent to an activating group) is 1. The second kappa shape index (κ2) is 19.1. The van der Waals surface area contributed by atoms with Crippen LogP contribution in [-0.2, 0) is 20.9 Å². The molecule has 1 aliphatic carbocycles. The lowest BCUT2D eigenvalue weighted by atomic mass is 9.90. The predicted octanol–water partition coefficient (Wildman–Crippen LogP) is 4.69. The van der Waals surface area contributed by atoms with Gasteiger partial charge < -0.3 is 31.3 Å². The number of carbonyl (C=O) groups is 3. The molecule has 0 bridgehead atoms. The van der Waals surface area contributed by atoms with Gasteiger partial charge in [-0.05, 0) is 50.4 Å². The highest BCUT2D eigenvalue weighted by Gasteiger charge is 2.30. The van der Waals surface area contributed by atoms with Crippen LogP contribution in [0.15, 0.2) is 60.9 Å². The lowest BCUT2D eigenvalue weighted by molar-refractivity contribution is -0.135. The van der Waals surface area contributed by atoms with Gasteiger partial charge in [-0.2, -0.15) is 5.10 Å². The second-order valence-electron chi connectivity index (χ2n) is 12.0.